The number of carbonyl (C=O) groups is 1. The van der Waals surface area contributed by atoms with Crippen LogP contribution in [0.3, 0.4) is 0 Å². The molecular formula is C15H13ClN2O2S. The molecule has 1 N–H and O–H groups in total. The van der Waals surface area contributed by atoms with Crippen LogP contribution in [0.1, 0.15) is 28.1 Å². The Bertz CT molecular complexity index is 711. The highest BCUT2D eigenvalue weighted by atomic mass is 35.5. The maximum Gasteiger partial charge on any atom is 0.268 e. The lowest BCUT2D eigenvalue weighted by Gasteiger charge is -2.22. The number of nitrogens with zero attached hydrogens (tertiary/aromatic N) is 2. The summed E-state index contributed by atoms with van der Waals surface area (Å²) < 4.78 is 0.596. The minimum absolute atomic E-state index is 0.0708. The quantitative estimate of drug-likeness (QED) is 0.637. The van der Waals surface area contributed by atoms with E-state index < -0.39 is 0 Å². The van der Waals surface area contributed by atoms with Crippen molar-refractivity contribution in [1.82, 2.24) is 0 Å². The molecule has 0 atom stereocenters. The van der Waals surface area contributed by atoms with Gasteiger partial charge < -0.3 is 10.1 Å². The fourth-order valence-corrected chi connectivity index (χ4v) is 3.48. The highest BCUT2D eigenvalue weighted by Gasteiger charge is 2.25. The Kier molecular flexibility index (Phi) is 3.94. The summed E-state index contributed by atoms with van der Waals surface area (Å²) in [6, 6.07) is 11.0. The Hall–Kier alpha value is -1.85. The summed E-state index contributed by atoms with van der Waals surface area (Å²) in [6.45, 7) is 0.588. The number of hydrogen-bond acceptors (Lipinski definition) is 4. The van der Waals surface area contributed by atoms with Crippen molar-refractivity contribution in [2.45, 2.75) is 12.8 Å². The first-order valence-corrected chi connectivity index (χ1v) is 7.77. The van der Waals surface area contributed by atoms with Crippen LogP contribution in [0.25, 0.3) is 0 Å². The van der Waals surface area contributed by atoms with Crippen LogP contribution in [0, 0.1) is 0 Å². The predicted molar refractivity (Wildman–Crippen MR) is 85.0 cm³/mol. The van der Waals surface area contributed by atoms with Crippen molar-refractivity contribution in [3.05, 3.63) is 51.2 Å². The molecule has 108 valence electrons. The van der Waals surface area contributed by atoms with Crippen molar-refractivity contribution < 1.29 is 10.0 Å². The van der Waals surface area contributed by atoms with E-state index in [9.17, 15) is 10.0 Å². The molecule has 0 saturated heterocycles. The van der Waals surface area contributed by atoms with E-state index in [2.05, 4.69) is 5.16 Å². The summed E-state index contributed by atoms with van der Waals surface area (Å²) in [4.78, 5) is 15.0. The summed E-state index contributed by atoms with van der Waals surface area (Å²) in [5, 5.41) is 12.6. The smallest absolute Gasteiger partial charge is 0.268 e. The highest BCUT2D eigenvalue weighted by Crippen LogP contribution is 2.30. The summed E-state index contributed by atoms with van der Waals surface area (Å²) in [5.74, 6) is -0.0708. The van der Waals surface area contributed by atoms with Gasteiger partial charge >= 0.3 is 0 Å². The molecule has 3 rings (SSSR count). The number of hydrogen-bond donors (Lipinski definition) is 1. The fraction of sp³-hybridized carbons (Fsp3) is 0.200. The number of amides is 1. The Morgan fingerprint density at radius 2 is 2.10 bits per heavy atom. The SMILES string of the molecule is O=C(c1ccc(Cl)s1)N1CCC/C(=N/O)c2ccccc21. The molecule has 1 aromatic heterocycles. The molecule has 1 aromatic carbocycles. The van der Waals surface area contributed by atoms with Gasteiger partial charge in [0.25, 0.3) is 5.91 Å². The molecule has 6 heteroatoms. The van der Waals surface area contributed by atoms with E-state index in [1.54, 1.807) is 17.0 Å². The second kappa shape index (κ2) is 5.87. The summed E-state index contributed by atoms with van der Waals surface area (Å²) >= 11 is 7.19. The Morgan fingerprint density at radius 1 is 1.29 bits per heavy atom. The van der Waals surface area contributed by atoms with Gasteiger partial charge in [0.15, 0.2) is 0 Å². The molecule has 1 aliphatic heterocycles. The first-order valence-electron chi connectivity index (χ1n) is 6.58. The minimum Gasteiger partial charge on any atom is -0.411 e. The maximum absolute atomic E-state index is 12.7. The third-order valence-electron chi connectivity index (χ3n) is 3.45. The van der Waals surface area contributed by atoms with Crippen molar-refractivity contribution in [1.29, 1.82) is 0 Å². The molecular weight excluding hydrogens is 308 g/mol. The van der Waals surface area contributed by atoms with Crippen molar-refractivity contribution in [2.75, 3.05) is 11.4 Å². The van der Waals surface area contributed by atoms with E-state index in [4.69, 9.17) is 11.6 Å². The molecule has 1 amide bonds. The normalized spacial score (nSPS) is 16.6. The molecule has 1 aliphatic rings. The first kappa shape index (κ1) is 14.1. The molecule has 0 aliphatic carbocycles. The van der Waals surface area contributed by atoms with Gasteiger partial charge in [0.1, 0.15) is 0 Å². The molecule has 2 aromatic rings. The molecule has 0 unspecified atom stereocenters. The third kappa shape index (κ3) is 2.66. The molecule has 0 spiro atoms. The Morgan fingerprint density at radius 3 is 2.81 bits per heavy atom. The summed E-state index contributed by atoms with van der Waals surface area (Å²) in [5.41, 5.74) is 2.19. The van der Waals surface area contributed by atoms with E-state index in [1.165, 1.54) is 11.3 Å². The zero-order valence-corrected chi connectivity index (χ0v) is 12.7. The number of rotatable bonds is 1. The minimum atomic E-state index is -0.0708. The molecule has 0 bridgehead atoms. The third-order valence-corrected chi connectivity index (χ3v) is 4.67. The van der Waals surface area contributed by atoms with Crippen LogP contribution in [0.5, 0.6) is 0 Å². The topological polar surface area (TPSA) is 52.9 Å². The second-order valence-corrected chi connectivity index (χ2v) is 6.44. The maximum atomic E-state index is 12.7. The van der Waals surface area contributed by atoms with Gasteiger partial charge in [-0.25, -0.2) is 0 Å². The van der Waals surface area contributed by atoms with Gasteiger partial charge in [-0.15, -0.1) is 11.3 Å². The van der Waals surface area contributed by atoms with Crippen LogP contribution >= 0.6 is 22.9 Å². The van der Waals surface area contributed by atoms with E-state index in [0.29, 0.717) is 27.9 Å². The number of carbonyl (C=O) groups excluding carboxylic acids is 1. The molecule has 0 saturated carbocycles. The van der Waals surface area contributed by atoms with Crippen LogP contribution in [0.4, 0.5) is 5.69 Å². The number of halogens is 1. The lowest BCUT2D eigenvalue weighted by atomic mass is 10.1. The standard InChI is InChI=1S/C15H13ClN2O2S/c16-14-8-7-13(21-14)15(19)18-9-3-5-11(17-20)10-4-1-2-6-12(10)18/h1-2,4,6-8,20H,3,5,9H2/b17-11-. The van der Waals surface area contributed by atoms with Gasteiger partial charge in [-0.2, -0.15) is 0 Å². The number of oxime groups is 1. The number of fused-ring (bicyclic) bond motifs is 1. The summed E-state index contributed by atoms with van der Waals surface area (Å²) in [7, 11) is 0. The number of anilines is 1. The molecule has 21 heavy (non-hydrogen) atoms. The van der Waals surface area contributed by atoms with Crippen molar-refractivity contribution >= 4 is 40.2 Å². The Labute approximate surface area is 131 Å². The van der Waals surface area contributed by atoms with Crippen LogP contribution < -0.4 is 4.90 Å². The summed E-state index contributed by atoms with van der Waals surface area (Å²) in [6.07, 6.45) is 1.39. The number of thiophene rings is 1. The number of benzene rings is 1. The van der Waals surface area contributed by atoms with Gasteiger partial charge in [-0.3, -0.25) is 4.79 Å². The lowest BCUT2D eigenvalue weighted by molar-refractivity contribution is 0.0991. The average molecular weight is 321 g/mol. The number of para-hydroxylation sites is 1. The van der Waals surface area contributed by atoms with Crippen LogP contribution in [-0.4, -0.2) is 23.4 Å². The van der Waals surface area contributed by atoms with Crippen molar-refractivity contribution in [3.8, 4) is 0 Å². The van der Waals surface area contributed by atoms with Gasteiger partial charge in [0, 0.05) is 12.1 Å². The van der Waals surface area contributed by atoms with Gasteiger partial charge in [-0.1, -0.05) is 35.0 Å². The van der Waals surface area contributed by atoms with E-state index in [0.717, 1.165) is 17.7 Å². The zero-order chi connectivity index (χ0) is 14.8. The first-order chi connectivity index (χ1) is 10.2. The predicted octanol–water partition coefficient (Wildman–Crippen LogP) is 4.02. The molecule has 2 heterocycles. The van der Waals surface area contributed by atoms with Gasteiger partial charge in [-0.05, 0) is 31.0 Å². The second-order valence-electron chi connectivity index (χ2n) is 4.73. The largest absolute Gasteiger partial charge is 0.411 e. The Balaban J connectivity index is 2.04. The van der Waals surface area contributed by atoms with E-state index in [-0.39, 0.29) is 5.91 Å². The average Bonchev–Trinajstić information content (AvgIpc) is 2.84. The van der Waals surface area contributed by atoms with E-state index >= 15 is 0 Å². The monoisotopic (exact) mass is 320 g/mol. The molecule has 4 nitrogen and oxygen atoms in total. The molecule has 0 fully saturated rings. The van der Waals surface area contributed by atoms with Crippen molar-refractivity contribution in [3.63, 3.8) is 0 Å². The fourth-order valence-electron chi connectivity index (χ4n) is 2.49. The van der Waals surface area contributed by atoms with Gasteiger partial charge in [0.05, 0.1) is 20.6 Å². The zero-order valence-electron chi connectivity index (χ0n) is 11.1. The van der Waals surface area contributed by atoms with Crippen molar-refractivity contribution in [2.24, 2.45) is 5.16 Å². The van der Waals surface area contributed by atoms with Crippen LogP contribution in [-0.2, 0) is 0 Å². The van der Waals surface area contributed by atoms with Gasteiger partial charge in [0.2, 0.25) is 0 Å². The lowest BCUT2D eigenvalue weighted by Crippen LogP contribution is -2.31. The van der Waals surface area contributed by atoms with E-state index in [1.807, 2.05) is 24.3 Å². The van der Waals surface area contributed by atoms with Crippen LogP contribution in [0.2, 0.25) is 4.34 Å². The molecule has 0 radical (unpaired) electrons. The van der Waals surface area contributed by atoms with Crippen LogP contribution in [0.15, 0.2) is 41.6 Å². The highest BCUT2D eigenvalue weighted by molar-refractivity contribution is 7.18.